The largest absolute Gasteiger partial charge is 0.673 e. The molecule has 0 N–H and O–H groups in total. The Labute approximate surface area is 192 Å². The minimum Gasteiger partial charge on any atom is -0.418 e. The fraction of sp³-hybridized carbons (Fsp3) is 0.808. The number of halogens is 4. The summed E-state index contributed by atoms with van der Waals surface area (Å²) in [7, 11) is -6.00. The van der Waals surface area contributed by atoms with Crippen molar-refractivity contribution in [2.24, 2.45) is 22.7 Å². The minimum absolute atomic E-state index is 0.450. The predicted octanol–water partition coefficient (Wildman–Crippen LogP) is 9.81. The monoisotopic (exact) mass is 458 g/mol. The van der Waals surface area contributed by atoms with Crippen LogP contribution >= 0.6 is 0 Å². The highest BCUT2D eigenvalue weighted by Crippen LogP contribution is 2.46. The molecule has 2 aliphatic carbocycles. The quantitative estimate of drug-likeness (QED) is 0.244. The molecule has 2 fully saturated rings. The fourth-order valence-electron chi connectivity index (χ4n) is 5.58. The molecule has 0 radical (unpaired) electrons. The van der Waals surface area contributed by atoms with Gasteiger partial charge in [0.1, 0.15) is 0 Å². The van der Waals surface area contributed by atoms with Crippen LogP contribution in [0, 0.1) is 29.6 Å². The van der Waals surface area contributed by atoms with E-state index in [1.165, 1.54) is 68.5 Å². The molecule has 0 spiro atoms. The molecule has 1 nitrogen and oxygen atoms in total. The number of aryl methyl sites for hydroxylation is 1. The van der Waals surface area contributed by atoms with Crippen molar-refractivity contribution in [3.63, 3.8) is 0 Å². The molecule has 0 aliphatic heterocycles. The summed E-state index contributed by atoms with van der Waals surface area (Å²) >= 11 is 0. The average Bonchev–Trinajstić information content (AvgIpc) is 2.65. The molecule has 2 saturated carbocycles. The van der Waals surface area contributed by atoms with E-state index in [1.54, 1.807) is 0 Å². The second-order valence-corrected chi connectivity index (χ2v) is 12.3. The first-order valence-electron chi connectivity index (χ1n) is 12.4. The lowest BCUT2D eigenvalue weighted by Gasteiger charge is -2.36. The van der Waals surface area contributed by atoms with Gasteiger partial charge in [0.15, 0.2) is 0 Å². The standard InChI is InChI=1S/C26H43O.BF4/c1-18-16-23(19-8-12-21(13-9-19)25(2,3)4)27-24(17-18)20-10-14-22(15-11-20)26(5,6)7;2-1(3,4)5/h16-17,19-22H,8-15H2,1-7H3;/q+1;-1. The van der Waals surface area contributed by atoms with Gasteiger partial charge in [-0.3, -0.25) is 0 Å². The molecule has 1 aromatic heterocycles. The minimum atomic E-state index is -6.00. The van der Waals surface area contributed by atoms with Gasteiger partial charge in [-0.25, -0.2) is 4.42 Å². The molecular formula is C26H43BF4O. The van der Waals surface area contributed by atoms with E-state index in [4.69, 9.17) is 4.42 Å². The second-order valence-electron chi connectivity index (χ2n) is 12.3. The van der Waals surface area contributed by atoms with E-state index in [2.05, 4.69) is 60.6 Å². The van der Waals surface area contributed by atoms with Crippen LogP contribution in [0.5, 0.6) is 0 Å². The Balaban J connectivity index is 0.000000654. The van der Waals surface area contributed by atoms with Crippen molar-refractivity contribution in [3.8, 4) is 0 Å². The molecule has 0 amide bonds. The van der Waals surface area contributed by atoms with Gasteiger partial charge in [-0.05, 0) is 86.5 Å². The summed E-state index contributed by atoms with van der Waals surface area (Å²) in [5.41, 5.74) is 2.29. The highest BCUT2D eigenvalue weighted by atomic mass is 19.5. The Kier molecular flexibility index (Phi) is 8.89. The number of hydrogen-bond acceptors (Lipinski definition) is 0. The third-order valence-electron chi connectivity index (χ3n) is 7.68. The van der Waals surface area contributed by atoms with Gasteiger partial charge in [0.2, 0.25) is 0 Å². The van der Waals surface area contributed by atoms with E-state index >= 15 is 0 Å². The van der Waals surface area contributed by atoms with Crippen molar-refractivity contribution in [3.05, 3.63) is 29.2 Å². The molecular weight excluding hydrogens is 415 g/mol. The van der Waals surface area contributed by atoms with E-state index < -0.39 is 7.25 Å². The van der Waals surface area contributed by atoms with Gasteiger partial charge in [0, 0.05) is 12.1 Å². The van der Waals surface area contributed by atoms with E-state index in [-0.39, 0.29) is 0 Å². The maximum Gasteiger partial charge on any atom is 0.673 e. The predicted molar refractivity (Wildman–Crippen MR) is 126 cm³/mol. The topological polar surface area (TPSA) is 11.3 Å². The van der Waals surface area contributed by atoms with Crippen LogP contribution in [0.3, 0.4) is 0 Å². The van der Waals surface area contributed by atoms with Gasteiger partial charge < -0.3 is 17.3 Å². The van der Waals surface area contributed by atoms with Gasteiger partial charge in [0.05, 0.1) is 11.8 Å². The van der Waals surface area contributed by atoms with Crippen molar-refractivity contribution in [2.45, 2.75) is 112 Å². The van der Waals surface area contributed by atoms with Gasteiger partial charge in [-0.15, -0.1) is 0 Å². The molecule has 1 heterocycles. The van der Waals surface area contributed by atoms with Crippen molar-refractivity contribution < 1.29 is 21.7 Å². The zero-order chi connectivity index (χ0) is 24.3. The Bertz CT molecular complexity index is 659. The van der Waals surface area contributed by atoms with Crippen molar-refractivity contribution >= 4 is 7.25 Å². The molecule has 0 aromatic carbocycles. The summed E-state index contributed by atoms with van der Waals surface area (Å²) in [6, 6.07) is 4.65. The Hall–Kier alpha value is -1.07. The van der Waals surface area contributed by atoms with Gasteiger partial charge in [-0.2, -0.15) is 0 Å². The van der Waals surface area contributed by atoms with E-state index in [0.29, 0.717) is 22.7 Å². The number of hydrogen-bond donors (Lipinski definition) is 0. The first-order valence-corrected chi connectivity index (χ1v) is 12.4. The second kappa shape index (κ2) is 10.5. The maximum absolute atomic E-state index is 9.75. The van der Waals surface area contributed by atoms with Crippen LogP contribution in [-0.2, 0) is 0 Å². The molecule has 32 heavy (non-hydrogen) atoms. The van der Waals surface area contributed by atoms with Gasteiger partial charge in [-0.1, -0.05) is 41.5 Å². The molecule has 2 aliphatic rings. The first-order chi connectivity index (χ1) is 14.5. The van der Waals surface area contributed by atoms with Crippen LogP contribution in [0.25, 0.3) is 0 Å². The maximum atomic E-state index is 9.75. The summed E-state index contributed by atoms with van der Waals surface area (Å²) in [6.07, 6.45) is 10.6. The zero-order valence-electron chi connectivity index (χ0n) is 21.1. The Morgan fingerprint density at radius 2 is 0.938 bits per heavy atom. The molecule has 1 aromatic rings. The third kappa shape index (κ3) is 8.70. The molecule has 0 saturated heterocycles. The summed E-state index contributed by atoms with van der Waals surface area (Å²) in [4.78, 5) is 0. The number of rotatable bonds is 2. The Morgan fingerprint density at radius 3 is 1.19 bits per heavy atom. The molecule has 0 atom stereocenters. The van der Waals surface area contributed by atoms with Crippen LogP contribution < -0.4 is 0 Å². The van der Waals surface area contributed by atoms with Crippen molar-refractivity contribution in [1.29, 1.82) is 0 Å². The summed E-state index contributed by atoms with van der Waals surface area (Å²) in [6.45, 7) is 16.7. The molecule has 6 heteroatoms. The van der Waals surface area contributed by atoms with Gasteiger partial charge in [0.25, 0.3) is 0 Å². The van der Waals surface area contributed by atoms with Crippen molar-refractivity contribution in [1.82, 2.24) is 0 Å². The normalized spacial score (nSPS) is 27.5. The SMILES string of the molecule is Cc1cc(C2CCC(C(C)(C)C)CC2)[o+]c(C2CCC(C(C)(C)C)CC2)c1.F[B-](F)(F)F. The summed E-state index contributed by atoms with van der Waals surface area (Å²) in [5, 5.41) is 0. The fourth-order valence-corrected chi connectivity index (χ4v) is 5.58. The summed E-state index contributed by atoms with van der Waals surface area (Å²) < 4.78 is 45.6. The van der Waals surface area contributed by atoms with E-state index in [0.717, 1.165) is 11.8 Å². The van der Waals surface area contributed by atoms with Crippen LogP contribution in [0.2, 0.25) is 0 Å². The van der Waals surface area contributed by atoms with E-state index in [1.807, 2.05) is 0 Å². The Morgan fingerprint density at radius 1 is 0.656 bits per heavy atom. The molecule has 184 valence electrons. The first kappa shape index (κ1) is 27.2. The van der Waals surface area contributed by atoms with E-state index in [9.17, 15) is 17.3 Å². The average molecular weight is 458 g/mol. The highest BCUT2D eigenvalue weighted by Gasteiger charge is 2.37. The highest BCUT2D eigenvalue weighted by molar-refractivity contribution is 6.50. The molecule has 0 unspecified atom stereocenters. The van der Waals surface area contributed by atoms with Gasteiger partial charge >= 0.3 is 18.8 Å². The zero-order valence-corrected chi connectivity index (χ0v) is 21.1. The molecule has 0 bridgehead atoms. The van der Waals surface area contributed by atoms with Crippen LogP contribution in [-0.4, -0.2) is 7.25 Å². The summed E-state index contributed by atoms with van der Waals surface area (Å²) in [5.74, 6) is 5.54. The van der Waals surface area contributed by atoms with Crippen LogP contribution in [0.1, 0.15) is 122 Å². The lowest BCUT2D eigenvalue weighted by atomic mass is 9.69. The smallest absolute Gasteiger partial charge is 0.418 e. The third-order valence-corrected chi connectivity index (χ3v) is 7.68. The molecule has 3 rings (SSSR count). The lowest BCUT2D eigenvalue weighted by Crippen LogP contribution is -2.26. The lowest BCUT2D eigenvalue weighted by molar-refractivity contribution is 0.154. The van der Waals surface area contributed by atoms with Crippen LogP contribution in [0.15, 0.2) is 16.5 Å². The van der Waals surface area contributed by atoms with Crippen LogP contribution in [0.4, 0.5) is 17.3 Å². The van der Waals surface area contributed by atoms with Crippen molar-refractivity contribution in [2.75, 3.05) is 0 Å².